The van der Waals surface area contributed by atoms with Gasteiger partial charge in [-0.1, -0.05) is 26.0 Å². The fourth-order valence-electron chi connectivity index (χ4n) is 4.09. The number of aryl methyl sites for hydroxylation is 1. The summed E-state index contributed by atoms with van der Waals surface area (Å²) in [6.45, 7) is 10.6. The SMILES string of the molecule is Cc1cccc(N2CCN(C(=O)C(=O)N3CC(C)CC(C)C3)CC2)c1. The molecule has 25 heavy (non-hydrogen) atoms. The van der Waals surface area contributed by atoms with Crippen LogP contribution in [0.15, 0.2) is 24.3 Å². The number of rotatable bonds is 1. The van der Waals surface area contributed by atoms with Crippen LogP contribution >= 0.6 is 0 Å². The lowest BCUT2D eigenvalue weighted by Gasteiger charge is -2.38. The number of hydrogen-bond donors (Lipinski definition) is 0. The second-order valence-corrected chi connectivity index (χ2v) is 7.77. The molecule has 2 unspecified atom stereocenters. The van der Waals surface area contributed by atoms with Gasteiger partial charge in [0.25, 0.3) is 0 Å². The molecule has 0 aliphatic carbocycles. The molecule has 0 N–H and O–H groups in total. The summed E-state index contributed by atoms with van der Waals surface area (Å²) in [5.74, 6) is 0.296. The van der Waals surface area contributed by atoms with Crippen molar-refractivity contribution in [2.45, 2.75) is 27.2 Å². The molecule has 0 spiro atoms. The molecule has 5 heteroatoms. The van der Waals surface area contributed by atoms with Gasteiger partial charge in [-0.2, -0.15) is 0 Å². The normalized spacial score (nSPS) is 24.4. The molecule has 1 aromatic rings. The Balaban J connectivity index is 1.57. The number of likely N-dealkylation sites (tertiary alicyclic amines) is 1. The van der Waals surface area contributed by atoms with Crippen LogP contribution < -0.4 is 4.90 Å². The van der Waals surface area contributed by atoms with Crippen molar-refractivity contribution in [3.05, 3.63) is 29.8 Å². The van der Waals surface area contributed by atoms with Crippen LogP contribution in [0.2, 0.25) is 0 Å². The Morgan fingerprint density at radius 2 is 1.52 bits per heavy atom. The molecule has 2 heterocycles. The molecule has 1 aromatic carbocycles. The molecule has 0 aromatic heterocycles. The van der Waals surface area contributed by atoms with Gasteiger partial charge in [0, 0.05) is 45.0 Å². The van der Waals surface area contributed by atoms with Crippen molar-refractivity contribution in [1.29, 1.82) is 0 Å². The molecule has 2 saturated heterocycles. The van der Waals surface area contributed by atoms with Crippen molar-refractivity contribution >= 4 is 17.5 Å². The van der Waals surface area contributed by atoms with E-state index in [0.29, 0.717) is 38.0 Å². The van der Waals surface area contributed by atoms with E-state index >= 15 is 0 Å². The molecular formula is C20H29N3O2. The fraction of sp³-hybridized carbons (Fsp3) is 0.600. The zero-order valence-electron chi connectivity index (χ0n) is 15.6. The first kappa shape index (κ1) is 17.8. The van der Waals surface area contributed by atoms with Crippen LogP contribution in [0.1, 0.15) is 25.8 Å². The van der Waals surface area contributed by atoms with E-state index in [4.69, 9.17) is 0 Å². The monoisotopic (exact) mass is 343 g/mol. The maximum absolute atomic E-state index is 12.6. The van der Waals surface area contributed by atoms with Crippen LogP contribution in [-0.2, 0) is 9.59 Å². The molecular weight excluding hydrogens is 314 g/mol. The molecule has 136 valence electrons. The quantitative estimate of drug-likeness (QED) is 0.734. The van der Waals surface area contributed by atoms with Crippen LogP contribution in [0.3, 0.4) is 0 Å². The average Bonchev–Trinajstić information content (AvgIpc) is 2.60. The van der Waals surface area contributed by atoms with Gasteiger partial charge >= 0.3 is 11.8 Å². The molecule has 0 saturated carbocycles. The summed E-state index contributed by atoms with van der Waals surface area (Å²) in [6.07, 6.45) is 1.13. The van der Waals surface area contributed by atoms with Gasteiger partial charge in [-0.05, 0) is 42.9 Å². The molecule has 2 amide bonds. The number of benzene rings is 1. The van der Waals surface area contributed by atoms with E-state index in [1.165, 1.54) is 11.3 Å². The molecule has 2 aliphatic heterocycles. The molecule has 0 bridgehead atoms. The van der Waals surface area contributed by atoms with Crippen molar-refractivity contribution in [2.24, 2.45) is 11.8 Å². The second kappa shape index (κ2) is 7.46. The summed E-state index contributed by atoms with van der Waals surface area (Å²) >= 11 is 0. The van der Waals surface area contributed by atoms with E-state index in [1.807, 2.05) is 0 Å². The summed E-state index contributed by atoms with van der Waals surface area (Å²) in [5, 5.41) is 0. The van der Waals surface area contributed by atoms with Crippen LogP contribution in [0.5, 0.6) is 0 Å². The number of anilines is 1. The zero-order valence-corrected chi connectivity index (χ0v) is 15.6. The molecule has 2 atom stereocenters. The highest BCUT2D eigenvalue weighted by atomic mass is 16.2. The Kier molecular flexibility index (Phi) is 5.30. The van der Waals surface area contributed by atoms with Gasteiger partial charge in [0.15, 0.2) is 0 Å². The molecule has 2 aliphatic rings. The Labute approximate surface area is 150 Å². The van der Waals surface area contributed by atoms with E-state index < -0.39 is 0 Å². The number of piperazine rings is 1. The van der Waals surface area contributed by atoms with Gasteiger partial charge in [0.1, 0.15) is 0 Å². The third kappa shape index (κ3) is 4.14. The zero-order chi connectivity index (χ0) is 18.0. The van der Waals surface area contributed by atoms with Crippen LogP contribution in [0.25, 0.3) is 0 Å². The lowest BCUT2D eigenvalue weighted by atomic mass is 9.92. The third-order valence-electron chi connectivity index (χ3n) is 5.27. The fourth-order valence-corrected chi connectivity index (χ4v) is 4.09. The Bertz CT molecular complexity index is 628. The van der Waals surface area contributed by atoms with E-state index in [0.717, 1.165) is 19.5 Å². The first-order valence-electron chi connectivity index (χ1n) is 9.34. The number of amides is 2. The van der Waals surface area contributed by atoms with Crippen molar-refractivity contribution in [3.63, 3.8) is 0 Å². The number of piperidine rings is 1. The van der Waals surface area contributed by atoms with E-state index in [-0.39, 0.29) is 11.8 Å². The van der Waals surface area contributed by atoms with Gasteiger partial charge in [0.2, 0.25) is 0 Å². The smallest absolute Gasteiger partial charge is 0.312 e. The first-order chi connectivity index (χ1) is 11.9. The highest BCUT2D eigenvalue weighted by Gasteiger charge is 2.33. The molecule has 5 nitrogen and oxygen atoms in total. The topological polar surface area (TPSA) is 43.9 Å². The van der Waals surface area contributed by atoms with E-state index in [2.05, 4.69) is 49.9 Å². The number of nitrogens with zero attached hydrogens (tertiary/aromatic N) is 3. The highest BCUT2D eigenvalue weighted by molar-refractivity contribution is 6.35. The summed E-state index contributed by atoms with van der Waals surface area (Å²) in [4.78, 5) is 31.0. The number of hydrogen-bond acceptors (Lipinski definition) is 3. The minimum absolute atomic E-state index is 0.317. The van der Waals surface area contributed by atoms with Crippen molar-refractivity contribution < 1.29 is 9.59 Å². The van der Waals surface area contributed by atoms with E-state index in [9.17, 15) is 9.59 Å². The van der Waals surface area contributed by atoms with Gasteiger partial charge in [-0.15, -0.1) is 0 Å². The van der Waals surface area contributed by atoms with Crippen molar-refractivity contribution in [3.8, 4) is 0 Å². The average molecular weight is 343 g/mol. The predicted molar refractivity (Wildman–Crippen MR) is 99.5 cm³/mol. The number of carbonyl (C=O) groups is 2. The maximum atomic E-state index is 12.6. The lowest BCUT2D eigenvalue weighted by molar-refractivity contribution is -0.153. The summed E-state index contributed by atoms with van der Waals surface area (Å²) in [7, 11) is 0. The summed E-state index contributed by atoms with van der Waals surface area (Å²) in [5.41, 5.74) is 2.43. The van der Waals surface area contributed by atoms with Gasteiger partial charge in [0.05, 0.1) is 0 Å². The standard InChI is InChI=1S/C20H29N3O2/c1-15-5-4-6-18(12-15)21-7-9-22(10-8-21)19(24)20(25)23-13-16(2)11-17(3)14-23/h4-6,12,16-17H,7-11,13-14H2,1-3H3. The number of carbonyl (C=O) groups excluding carboxylic acids is 2. The van der Waals surface area contributed by atoms with Gasteiger partial charge in [-0.3, -0.25) is 9.59 Å². The second-order valence-electron chi connectivity index (χ2n) is 7.77. The molecule has 0 radical (unpaired) electrons. The van der Waals surface area contributed by atoms with Crippen LogP contribution in [0.4, 0.5) is 5.69 Å². The molecule has 2 fully saturated rings. The first-order valence-corrected chi connectivity index (χ1v) is 9.34. The van der Waals surface area contributed by atoms with Crippen LogP contribution in [0, 0.1) is 18.8 Å². The summed E-state index contributed by atoms with van der Waals surface area (Å²) in [6, 6.07) is 8.41. The van der Waals surface area contributed by atoms with E-state index in [1.54, 1.807) is 9.80 Å². The molecule has 3 rings (SSSR count). The van der Waals surface area contributed by atoms with Crippen molar-refractivity contribution in [1.82, 2.24) is 9.80 Å². The predicted octanol–water partition coefficient (Wildman–Crippen LogP) is 2.15. The van der Waals surface area contributed by atoms with Gasteiger partial charge < -0.3 is 14.7 Å². The van der Waals surface area contributed by atoms with Crippen LogP contribution in [-0.4, -0.2) is 60.9 Å². The van der Waals surface area contributed by atoms with Gasteiger partial charge in [-0.25, -0.2) is 0 Å². The Morgan fingerprint density at radius 1 is 0.920 bits per heavy atom. The third-order valence-corrected chi connectivity index (χ3v) is 5.27. The Hall–Kier alpha value is -2.04. The highest BCUT2D eigenvalue weighted by Crippen LogP contribution is 2.22. The largest absolute Gasteiger partial charge is 0.368 e. The maximum Gasteiger partial charge on any atom is 0.312 e. The lowest BCUT2D eigenvalue weighted by Crippen LogP contribution is -2.55. The minimum Gasteiger partial charge on any atom is -0.368 e. The summed E-state index contributed by atoms with van der Waals surface area (Å²) < 4.78 is 0. The minimum atomic E-state index is -0.329. The Morgan fingerprint density at radius 3 is 2.12 bits per heavy atom. The van der Waals surface area contributed by atoms with Crippen molar-refractivity contribution in [2.75, 3.05) is 44.2 Å².